The van der Waals surface area contributed by atoms with Crippen LogP contribution >= 0.6 is 27.7 Å². The van der Waals surface area contributed by atoms with Gasteiger partial charge in [-0.15, -0.1) is 11.8 Å². The van der Waals surface area contributed by atoms with E-state index in [1.807, 2.05) is 59.1 Å². The fourth-order valence-corrected chi connectivity index (χ4v) is 3.82. The van der Waals surface area contributed by atoms with Gasteiger partial charge in [0.2, 0.25) is 0 Å². The fraction of sp³-hybridized carbons (Fsp3) is 0.188. The average molecular weight is 363 g/mol. The summed E-state index contributed by atoms with van der Waals surface area (Å²) in [5, 5.41) is 3.35. The summed E-state index contributed by atoms with van der Waals surface area (Å²) in [4.78, 5) is 15.6. The van der Waals surface area contributed by atoms with Crippen molar-refractivity contribution in [1.29, 1.82) is 0 Å². The molecule has 2 aromatic carbocycles. The molecule has 108 valence electrons. The van der Waals surface area contributed by atoms with E-state index < -0.39 is 0 Å². The second kappa shape index (κ2) is 6.12. The third kappa shape index (κ3) is 3.09. The van der Waals surface area contributed by atoms with Crippen LogP contribution in [0.2, 0.25) is 0 Å². The molecule has 0 radical (unpaired) electrons. The highest BCUT2D eigenvalue weighted by molar-refractivity contribution is 9.10. The van der Waals surface area contributed by atoms with Crippen molar-refractivity contribution in [2.75, 3.05) is 16.8 Å². The number of amides is 2. The van der Waals surface area contributed by atoms with E-state index in [1.54, 1.807) is 0 Å². The Hall–Kier alpha value is -1.46. The molecule has 1 aliphatic rings. The van der Waals surface area contributed by atoms with Crippen LogP contribution in [0.4, 0.5) is 16.2 Å². The van der Waals surface area contributed by atoms with E-state index in [4.69, 9.17) is 0 Å². The van der Waals surface area contributed by atoms with Gasteiger partial charge >= 0.3 is 6.03 Å². The second-order valence-corrected chi connectivity index (χ2v) is 7.25. The third-order valence-corrected chi connectivity index (χ3v) is 5.13. The maximum atomic E-state index is 12.6. The molecule has 21 heavy (non-hydrogen) atoms. The van der Waals surface area contributed by atoms with Gasteiger partial charge in [-0.1, -0.05) is 31.2 Å². The van der Waals surface area contributed by atoms with Crippen LogP contribution in [0, 0.1) is 0 Å². The topological polar surface area (TPSA) is 32.3 Å². The lowest BCUT2D eigenvalue weighted by atomic mass is 10.2. The van der Waals surface area contributed by atoms with Crippen molar-refractivity contribution in [2.45, 2.75) is 17.1 Å². The van der Waals surface area contributed by atoms with Gasteiger partial charge in [-0.05, 0) is 40.2 Å². The fourth-order valence-electron chi connectivity index (χ4n) is 2.33. The highest BCUT2D eigenvalue weighted by atomic mass is 79.9. The van der Waals surface area contributed by atoms with Gasteiger partial charge in [-0.3, -0.25) is 4.90 Å². The van der Waals surface area contributed by atoms with Crippen molar-refractivity contribution in [1.82, 2.24) is 0 Å². The van der Waals surface area contributed by atoms with E-state index in [1.165, 1.54) is 0 Å². The summed E-state index contributed by atoms with van der Waals surface area (Å²) in [5.41, 5.74) is 1.76. The van der Waals surface area contributed by atoms with Crippen LogP contribution in [0.15, 0.2) is 57.9 Å². The van der Waals surface area contributed by atoms with Crippen LogP contribution in [-0.2, 0) is 0 Å². The maximum absolute atomic E-state index is 12.6. The van der Waals surface area contributed by atoms with Gasteiger partial charge in [0.1, 0.15) is 0 Å². The molecular weight excluding hydrogens is 348 g/mol. The number of rotatable bonds is 1. The zero-order chi connectivity index (χ0) is 14.8. The molecule has 0 bridgehead atoms. The number of carbonyl (C=O) groups excluding carboxylic acids is 1. The summed E-state index contributed by atoms with van der Waals surface area (Å²) in [5.74, 6) is 0. The van der Waals surface area contributed by atoms with Gasteiger partial charge in [-0.2, -0.15) is 0 Å². The lowest BCUT2D eigenvalue weighted by Gasteiger charge is -2.32. The first kappa shape index (κ1) is 14.5. The molecule has 0 spiro atoms. The smallest absolute Gasteiger partial charge is 0.306 e. The highest BCUT2D eigenvalue weighted by Crippen LogP contribution is 2.38. The first-order valence-electron chi connectivity index (χ1n) is 6.74. The van der Waals surface area contributed by atoms with Gasteiger partial charge in [0.25, 0.3) is 0 Å². The second-order valence-electron chi connectivity index (χ2n) is 4.92. The molecule has 1 heterocycles. The number of nitrogens with one attached hydrogen (secondary N) is 1. The Labute approximate surface area is 136 Å². The van der Waals surface area contributed by atoms with Crippen LogP contribution < -0.4 is 10.2 Å². The number of anilines is 2. The number of hydrogen-bond donors (Lipinski definition) is 1. The summed E-state index contributed by atoms with van der Waals surface area (Å²) in [6.45, 7) is 2.84. The maximum Gasteiger partial charge on any atom is 0.326 e. The zero-order valence-electron chi connectivity index (χ0n) is 11.5. The summed E-state index contributed by atoms with van der Waals surface area (Å²) in [6, 6.07) is 15.6. The highest BCUT2D eigenvalue weighted by Gasteiger charge is 2.26. The molecule has 0 unspecified atom stereocenters. The minimum absolute atomic E-state index is 0.0958. The number of para-hydroxylation sites is 2. The van der Waals surface area contributed by atoms with Crippen molar-refractivity contribution in [3.05, 3.63) is 53.0 Å². The Bertz CT molecular complexity index is 677. The Morgan fingerprint density at radius 2 is 1.95 bits per heavy atom. The molecule has 1 N–H and O–H groups in total. The zero-order valence-corrected chi connectivity index (χ0v) is 13.9. The molecule has 5 heteroatoms. The van der Waals surface area contributed by atoms with Gasteiger partial charge in [0.15, 0.2) is 0 Å². The number of fused-ring (bicyclic) bond motifs is 1. The number of carbonyl (C=O) groups is 1. The number of benzene rings is 2. The van der Waals surface area contributed by atoms with E-state index in [2.05, 4.69) is 34.2 Å². The van der Waals surface area contributed by atoms with Gasteiger partial charge in [0, 0.05) is 21.2 Å². The lowest BCUT2D eigenvalue weighted by molar-refractivity contribution is 0.256. The summed E-state index contributed by atoms with van der Waals surface area (Å²) in [7, 11) is 0. The largest absolute Gasteiger partial charge is 0.326 e. The van der Waals surface area contributed by atoms with Crippen LogP contribution in [0.3, 0.4) is 0 Å². The lowest BCUT2D eigenvalue weighted by Crippen LogP contribution is -2.41. The summed E-state index contributed by atoms with van der Waals surface area (Å²) in [6.07, 6.45) is 0. The molecule has 0 saturated carbocycles. The molecule has 0 aliphatic carbocycles. The van der Waals surface area contributed by atoms with Gasteiger partial charge in [-0.25, -0.2) is 4.79 Å². The molecule has 0 fully saturated rings. The van der Waals surface area contributed by atoms with Gasteiger partial charge in [0.05, 0.1) is 11.4 Å². The van der Waals surface area contributed by atoms with E-state index in [9.17, 15) is 4.79 Å². The van der Waals surface area contributed by atoms with Crippen LogP contribution in [-0.4, -0.2) is 17.8 Å². The van der Waals surface area contributed by atoms with Crippen LogP contribution in [0.1, 0.15) is 6.92 Å². The SMILES string of the molecule is C[C@@H]1CN(C(=O)Nc2ccccc2Br)c2ccccc2S1. The minimum atomic E-state index is -0.0958. The quantitative estimate of drug-likeness (QED) is 0.775. The monoisotopic (exact) mass is 362 g/mol. The number of hydrogen-bond acceptors (Lipinski definition) is 2. The average Bonchev–Trinajstić information content (AvgIpc) is 2.48. The van der Waals surface area contributed by atoms with E-state index in [0.717, 1.165) is 20.7 Å². The molecule has 1 atom stereocenters. The molecule has 2 amide bonds. The first-order valence-corrected chi connectivity index (χ1v) is 8.41. The summed E-state index contributed by atoms with van der Waals surface area (Å²) >= 11 is 5.27. The number of thioether (sulfide) groups is 1. The van der Waals surface area contributed by atoms with E-state index in [-0.39, 0.29) is 6.03 Å². The predicted molar refractivity (Wildman–Crippen MR) is 92.3 cm³/mol. The minimum Gasteiger partial charge on any atom is -0.306 e. The van der Waals surface area contributed by atoms with Crippen LogP contribution in [0.5, 0.6) is 0 Å². The normalized spacial score (nSPS) is 17.2. The number of halogens is 1. The molecule has 0 aromatic heterocycles. The molecular formula is C16H15BrN2OS. The van der Waals surface area contributed by atoms with Crippen molar-refractivity contribution >= 4 is 45.1 Å². The molecule has 0 saturated heterocycles. The van der Waals surface area contributed by atoms with Gasteiger partial charge < -0.3 is 5.32 Å². The Balaban J connectivity index is 1.87. The predicted octanol–water partition coefficient (Wildman–Crippen LogP) is 4.98. The molecule has 3 rings (SSSR count). The van der Waals surface area contributed by atoms with Crippen molar-refractivity contribution in [2.24, 2.45) is 0 Å². The van der Waals surface area contributed by atoms with Crippen LogP contribution in [0.25, 0.3) is 0 Å². The number of urea groups is 1. The molecule has 3 nitrogen and oxygen atoms in total. The summed E-state index contributed by atoms with van der Waals surface area (Å²) < 4.78 is 0.881. The molecule has 2 aromatic rings. The number of nitrogens with zero attached hydrogens (tertiary/aromatic N) is 1. The van der Waals surface area contributed by atoms with E-state index in [0.29, 0.717) is 11.8 Å². The Kier molecular flexibility index (Phi) is 4.22. The third-order valence-electron chi connectivity index (χ3n) is 3.28. The molecule has 1 aliphatic heterocycles. The standard InChI is InChI=1S/C16H15BrN2OS/c1-11-10-19(14-8-4-5-9-15(14)21-11)16(20)18-13-7-3-2-6-12(13)17/h2-9,11H,10H2,1H3,(H,18,20)/t11-/m1/s1. The Morgan fingerprint density at radius 3 is 2.76 bits per heavy atom. The van der Waals surface area contributed by atoms with Crippen molar-refractivity contribution in [3.63, 3.8) is 0 Å². The van der Waals surface area contributed by atoms with Crippen molar-refractivity contribution in [3.8, 4) is 0 Å². The first-order chi connectivity index (χ1) is 10.1. The van der Waals surface area contributed by atoms with Crippen molar-refractivity contribution < 1.29 is 4.79 Å². The van der Waals surface area contributed by atoms with E-state index >= 15 is 0 Å². The Morgan fingerprint density at radius 1 is 1.24 bits per heavy atom.